The highest BCUT2D eigenvalue weighted by Gasteiger charge is 2.38. The van der Waals surface area contributed by atoms with Crippen molar-refractivity contribution in [3.63, 3.8) is 0 Å². The van der Waals surface area contributed by atoms with Crippen molar-refractivity contribution in [3.05, 3.63) is 35.4 Å². The molecule has 4 nitrogen and oxygen atoms in total. The van der Waals surface area contributed by atoms with Gasteiger partial charge in [-0.25, -0.2) is 0 Å². The normalized spacial score (nSPS) is 15.9. The molecule has 25 heavy (non-hydrogen) atoms. The molecule has 7 heteroatoms. The van der Waals surface area contributed by atoms with Crippen molar-refractivity contribution in [2.45, 2.75) is 38.8 Å². The molecule has 0 unspecified atom stereocenters. The van der Waals surface area contributed by atoms with Gasteiger partial charge in [0.2, 0.25) is 5.91 Å². The van der Waals surface area contributed by atoms with Crippen molar-refractivity contribution >= 4 is 11.8 Å². The van der Waals surface area contributed by atoms with Crippen LogP contribution in [0.2, 0.25) is 0 Å². The number of carbonyl (C=O) groups is 2. The molecule has 1 N–H and O–H groups in total. The van der Waals surface area contributed by atoms with E-state index in [1.54, 1.807) is 4.90 Å². The SMILES string of the molecule is Cc1cccc(CCC(=O)N2CCC(CNC(=O)C(F)(F)F)CC2)c1. The molecule has 1 aliphatic heterocycles. The number of nitrogens with one attached hydrogen (secondary N) is 1. The van der Waals surface area contributed by atoms with Crippen molar-refractivity contribution < 1.29 is 22.8 Å². The Hall–Kier alpha value is -2.05. The van der Waals surface area contributed by atoms with Crippen LogP contribution in [0.4, 0.5) is 13.2 Å². The summed E-state index contributed by atoms with van der Waals surface area (Å²) in [5, 5.41) is 1.92. The number of rotatable bonds is 5. The van der Waals surface area contributed by atoms with Gasteiger partial charge >= 0.3 is 12.1 Å². The minimum Gasteiger partial charge on any atom is -0.348 e. The maximum Gasteiger partial charge on any atom is 0.471 e. The number of likely N-dealkylation sites (tertiary alicyclic amines) is 1. The van der Waals surface area contributed by atoms with E-state index in [0.29, 0.717) is 38.8 Å². The number of aryl methyl sites for hydroxylation is 2. The van der Waals surface area contributed by atoms with Gasteiger partial charge in [-0.2, -0.15) is 13.2 Å². The number of nitrogens with zero attached hydrogens (tertiary/aromatic N) is 1. The van der Waals surface area contributed by atoms with Gasteiger partial charge in [0, 0.05) is 26.1 Å². The van der Waals surface area contributed by atoms with Crippen LogP contribution in [0.25, 0.3) is 0 Å². The summed E-state index contributed by atoms with van der Waals surface area (Å²) in [4.78, 5) is 24.9. The molecule has 1 fully saturated rings. The van der Waals surface area contributed by atoms with E-state index in [4.69, 9.17) is 0 Å². The largest absolute Gasteiger partial charge is 0.471 e. The number of carbonyl (C=O) groups excluding carboxylic acids is 2. The number of benzene rings is 1. The van der Waals surface area contributed by atoms with Crippen LogP contribution in [0.5, 0.6) is 0 Å². The molecule has 0 aliphatic carbocycles. The van der Waals surface area contributed by atoms with E-state index < -0.39 is 12.1 Å². The van der Waals surface area contributed by atoms with Crippen LogP contribution in [-0.4, -0.2) is 42.5 Å². The van der Waals surface area contributed by atoms with E-state index in [1.165, 1.54) is 0 Å². The number of hydrogen-bond acceptors (Lipinski definition) is 2. The highest BCUT2D eigenvalue weighted by molar-refractivity contribution is 5.81. The molecule has 0 bridgehead atoms. The highest BCUT2D eigenvalue weighted by Crippen LogP contribution is 2.19. The Bertz CT molecular complexity index is 609. The zero-order valence-corrected chi connectivity index (χ0v) is 14.2. The Kier molecular flexibility index (Phi) is 6.45. The lowest BCUT2D eigenvalue weighted by molar-refractivity contribution is -0.173. The first-order chi connectivity index (χ1) is 11.8. The van der Waals surface area contributed by atoms with Gasteiger partial charge in [0.15, 0.2) is 0 Å². The third-order valence-electron chi connectivity index (χ3n) is 4.49. The topological polar surface area (TPSA) is 49.4 Å². The van der Waals surface area contributed by atoms with Crippen LogP contribution in [0.3, 0.4) is 0 Å². The molecule has 0 saturated carbocycles. The fourth-order valence-corrected chi connectivity index (χ4v) is 3.00. The quantitative estimate of drug-likeness (QED) is 0.882. The third kappa shape index (κ3) is 6.07. The monoisotopic (exact) mass is 356 g/mol. The van der Waals surface area contributed by atoms with Crippen LogP contribution >= 0.6 is 0 Å². The first-order valence-electron chi connectivity index (χ1n) is 8.44. The summed E-state index contributed by atoms with van der Waals surface area (Å²) in [6.45, 7) is 3.07. The fourth-order valence-electron chi connectivity index (χ4n) is 3.00. The average molecular weight is 356 g/mol. The smallest absolute Gasteiger partial charge is 0.348 e. The molecule has 0 atom stereocenters. The zero-order valence-electron chi connectivity index (χ0n) is 14.2. The lowest BCUT2D eigenvalue weighted by atomic mass is 9.96. The summed E-state index contributed by atoms with van der Waals surface area (Å²) in [5.74, 6) is -1.85. The molecular weight excluding hydrogens is 333 g/mol. The highest BCUT2D eigenvalue weighted by atomic mass is 19.4. The van der Waals surface area contributed by atoms with E-state index in [1.807, 2.05) is 30.4 Å². The van der Waals surface area contributed by atoms with Crippen molar-refractivity contribution in [3.8, 4) is 0 Å². The number of hydrogen-bond donors (Lipinski definition) is 1. The maximum atomic E-state index is 12.3. The summed E-state index contributed by atoms with van der Waals surface area (Å²) >= 11 is 0. The molecule has 0 aromatic heterocycles. The van der Waals surface area contributed by atoms with Gasteiger partial charge in [-0.15, -0.1) is 0 Å². The average Bonchev–Trinajstić information content (AvgIpc) is 2.57. The van der Waals surface area contributed by atoms with Gasteiger partial charge in [-0.05, 0) is 37.7 Å². The standard InChI is InChI=1S/C18H23F3N2O2/c1-13-3-2-4-14(11-13)5-6-16(24)23-9-7-15(8-10-23)12-22-17(25)18(19,20)21/h2-4,11,15H,5-10,12H2,1H3,(H,22,25). The molecule has 0 radical (unpaired) electrons. The minimum absolute atomic E-state index is 0.00364. The zero-order chi connectivity index (χ0) is 18.4. The van der Waals surface area contributed by atoms with E-state index in [2.05, 4.69) is 6.07 Å². The van der Waals surface area contributed by atoms with Gasteiger partial charge < -0.3 is 10.2 Å². The Labute approximate surface area is 145 Å². The van der Waals surface area contributed by atoms with Crippen LogP contribution in [0.15, 0.2) is 24.3 Å². The molecule has 2 rings (SSSR count). The van der Waals surface area contributed by atoms with E-state index in [9.17, 15) is 22.8 Å². The van der Waals surface area contributed by atoms with Gasteiger partial charge in [0.1, 0.15) is 0 Å². The summed E-state index contributed by atoms with van der Waals surface area (Å²) in [5.41, 5.74) is 2.28. The number of piperidine rings is 1. The maximum absolute atomic E-state index is 12.3. The Morgan fingerprint density at radius 3 is 2.52 bits per heavy atom. The molecule has 1 saturated heterocycles. The second-order valence-corrected chi connectivity index (χ2v) is 6.52. The summed E-state index contributed by atoms with van der Waals surface area (Å²) < 4.78 is 36.5. The molecular formula is C18H23F3N2O2. The Morgan fingerprint density at radius 1 is 1.24 bits per heavy atom. The lowest BCUT2D eigenvalue weighted by Crippen LogP contribution is -2.44. The lowest BCUT2D eigenvalue weighted by Gasteiger charge is -2.32. The number of amides is 2. The molecule has 138 valence electrons. The first kappa shape index (κ1) is 19.3. The number of alkyl halides is 3. The predicted octanol–water partition coefficient (Wildman–Crippen LogP) is 2.84. The van der Waals surface area contributed by atoms with Gasteiger partial charge in [0.25, 0.3) is 0 Å². The summed E-state index contributed by atoms with van der Waals surface area (Å²) in [6.07, 6.45) is -2.52. The number of halogens is 3. The second-order valence-electron chi connectivity index (χ2n) is 6.52. The van der Waals surface area contributed by atoms with Crippen LogP contribution < -0.4 is 5.32 Å². The van der Waals surface area contributed by atoms with Gasteiger partial charge in [0.05, 0.1) is 0 Å². The third-order valence-corrected chi connectivity index (χ3v) is 4.49. The molecule has 1 heterocycles. The van der Waals surface area contributed by atoms with E-state index in [0.717, 1.165) is 11.1 Å². The fraction of sp³-hybridized carbons (Fsp3) is 0.556. The molecule has 0 spiro atoms. The van der Waals surface area contributed by atoms with E-state index in [-0.39, 0.29) is 18.4 Å². The van der Waals surface area contributed by atoms with Gasteiger partial charge in [-0.1, -0.05) is 29.8 Å². The molecule has 1 aromatic carbocycles. The van der Waals surface area contributed by atoms with Crippen molar-refractivity contribution in [2.75, 3.05) is 19.6 Å². The van der Waals surface area contributed by atoms with Crippen LogP contribution in [-0.2, 0) is 16.0 Å². The van der Waals surface area contributed by atoms with Crippen LogP contribution in [0, 0.1) is 12.8 Å². The van der Waals surface area contributed by atoms with Crippen LogP contribution in [0.1, 0.15) is 30.4 Å². The predicted molar refractivity (Wildman–Crippen MR) is 87.9 cm³/mol. The Morgan fingerprint density at radius 2 is 1.92 bits per heavy atom. The van der Waals surface area contributed by atoms with Gasteiger partial charge in [-0.3, -0.25) is 9.59 Å². The minimum atomic E-state index is -4.84. The first-order valence-corrected chi connectivity index (χ1v) is 8.44. The molecule has 1 aromatic rings. The Balaban J connectivity index is 1.70. The van der Waals surface area contributed by atoms with Crippen molar-refractivity contribution in [2.24, 2.45) is 5.92 Å². The molecule has 2 amide bonds. The van der Waals surface area contributed by atoms with E-state index >= 15 is 0 Å². The molecule has 1 aliphatic rings. The second kappa shape index (κ2) is 8.36. The van der Waals surface area contributed by atoms with Crippen molar-refractivity contribution in [1.82, 2.24) is 10.2 Å². The summed E-state index contributed by atoms with van der Waals surface area (Å²) in [6, 6.07) is 8.03. The van der Waals surface area contributed by atoms with Crippen molar-refractivity contribution in [1.29, 1.82) is 0 Å². The summed E-state index contributed by atoms with van der Waals surface area (Å²) in [7, 11) is 0.